The fraction of sp³-hybridized carbons (Fsp3) is 0.471. The molecule has 0 aliphatic carbocycles. The third-order valence-electron chi connectivity index (χ3n) is 3.42. The molecule has 0 bridgehead atoms. The van der Waals surface area contributed by atoms with Gasteiger partial charge in [0.2, 0.25) is 0 Å². The van der Waals surface area contributed by atoms with Gasteiger partial charge < -0.3 is 10.2 Å². The maximum Gasteiger partial charge on any atom is 0.186 e. The summed E-state index contributed by atoms with van der Waals surface area (Å²) in [6, 6.07) is 11.1. The van der Waals surface area contributed by atoms with Crippen LogP contribution in [0.2, 0.25) is 0 Å². The Bertz CT molecular complexity index is 548. The Morgan fingerprint density at radius 1 is 1.24 bits per heavy atom. The smallest absolute Gasteiger partial charge is 0.186 e. The van der Waals surface area contributed by atoms with Gasteiger partial charge in [-0.15, -0.1) is 11.3 Å². The molecule has 1 aromatic heterocycles. The molecule has 0 atom stereocenters. The summed E-state index contributed by atoms with van der Waals surface area (Å²) < 4.78 is 0. The first-order valence-electron chi connectivity index (χ1n) is 7.58. The quantitative estimate of drug-likeness (QED) is 0.838. The van der Waals surface area contributed by atoms with Crippen LogP contribution in [0, 0.1) is 6.92 Å². The molecule has 3 nitrogen and oxygen atoms in total. The lowest BCUT2D eigenvalue weighted by Gasteiger charge is -2.19. The monoisotopic (exact) mass is 303 g/mol. The van der Waals surface area contributed by atoms with Crippen LogP contribution in [0.5, 0.6) is 0 Å². The van der Waals surface area contributed by atoms with Gasteiger partial charge in [0, 0.05) is 30.6 Å². The van der Waals surface area contributed by atoms with Crippen LogP contribution in [-0.4, -0.2) is 17.6 Å². The molecule has 21 heavy (non-hydrogen) atoms. The van der Waals surface area contributed by atoms with E-state index < -0.39 is 0 Å². The van der Waals surface area contributed by atoms with Crippen LogP contribution in [0.15, 0.2) is 30.3 Å². The van der Waals surface area contributed by atoms with Gasteiger partial charge in [0.25, 0.3) is 0 Å². The van der Waals surface area contributed by atoms with Crippen molar-refractivity contribution in [2.24, 2.45) is 0 Å². The van der Waals surface area contributed by atoms with Gasteiger partial charge in [-0.3, -0.25) is 0 Å². The standard InChI is InChI=1S/C17H25N3S/c1-5-20(12-15-9-7-6-8-10-15)17-19-14(4)16(21-17)11-18-13(2)3/h6-10,13,18H,5,11-12H2,1-4H3. The van der Waals surface area contributed by atoms with Gasteiger partial charge in [0.15, 0.2) is 5.13 Å². The van der Waals surface area contributed by atoms with Crippen molar-refractivity contribution in [3.63, 3.8) is 0 Å². The summed E-state index contributed by atoms with van der Waals surface area (Å²) in [7, 11) is 0. The molecule has 2 aromatic rings. The van der Waals surface area contributed by atoms with Crippen LogP contribution < -0.4 is 10.2 Å². The van der Waals surface area contributed by atoms with Crippen molar-refractivity contribution in [3.05, 3.63) is 46.5 Å². The first-order chi connectivity index (χ1) is 10.1. The fourth-order valence-electron chi connectivity index (χ4n) is 2.13. The highest BCUT2D eigenvalue weighted by Gasteiger charge is 2.13. The van der Waals surface area contributed by atoms with Crippen molar-refractivity contribution in [2.75, 3.05) is 11.4 Å². The van der Waals surface area contributed by atoms with Crippen LogP contribution in [-0.2, 0) is 13.1 Å². The van der Waals surface area contributed by atoms with E-state index in [0.29, 0.717) is 6.04 Å². The van der Waals surface area contributed by atoms with E-state index in [1.807, 2.05) is 0 Å². The minimum atomic E-state index is 0.501. The normalized spacial score (nSPS) is 11.1. The zero-order valence-corrected chi connectivity index (χ0v) is 14.2. The number of hydrogen-bond acceptors (Lipinski definition) is 4. The number of aromatic nitrogens is 1. The Morgan fingerprint density at radius 2 is 1.95 bits per heavy atom. The Labute approximate surface area is 132 Å². The summed E-state index contributed by atoms with van der Waals surface area (Å²) in [5.41, 5.74) is 2.48. The second-order valence-electron chi connectivity index (χ2n) is 5.54. The summed E-state index contributed by atoms with van der Waals surface area (Å²) in [5.74, 6) is 0. The molecule has 0 aliphatic rings. The van der Waals surface area contributed by atoms with Gasteiger partial charge >= 0.3 is 0 Å². The van der Waals surface area contributed by atoms with Crippen molar-refractivity contribution in [1.82, 2.24) is 10.3 Å². The lowest BCUT2D eigenvalue weighted by molar-refractivity contribution is 0.591. The zero-order valence-electron chi connectivity index (χ0n) is 13.4. The highest BCUT2D eigenvalue weighted by Crippen LogP contribution is 2.27. The Hall–Kier alpha value is -1.39. The first-order valence-corrected chi connectivity index (χ1v) is 8.40. The van der Waals surface area contributed by atoms with Gasteiger partial charge in [-0.1, -0.05) is 44.2 Å². The number of hydrogen-bond donors (Lipinski definition) is 1. The van der Waals surface area contributed by atoms with Gasteiger partial charge in [-0.25, -0.2) is 4.98 Å². The van der Waals surface area contributed by atoms with E-state index in [4.69, 9.17) is 4.98 Å². The molecule has 0 unspecified atom stereocenters. The van der Waals surface area contributed by atoms with Gasteiger partial charge in [0.05, 0.1) is 5.69 Å². The van der Waals surface area contributed by atoms with Gasteiger partial charge in [-0.2, -0.15) is 0 Å². The highest BCUT2D eigenvalue weighted by molar-refractivity contribution is 7.15. The van der Waals surface area contributed by atoms with E-state index in [1.54, 1.807) is 11.3 Å². The second kappa shape index (κ2) is 7.57. The molecule has 1 heterocycles. The molecule has 0 radical (unpaired) electrons. The number of nitrogens with one attached hydrogen (secondary N) is 1. The van der Waals surface area contributed by atoms with E-state index in [9.17, 15) is 0 Å². The van der Waals surface area contributed by atoms with Crippen molar-refractivity contribution < 1.29 is 0 Å². The molecular weight excluding hydrogens is 278 g/mol. The first kappa shape index (κ1) is 16.0. The Morgan fingerprint density at radius 3 is 2.57 bits per heavy atom. The number of nitrogens with zero attached hydrogens (tertiary/aromatic N) is 2. The number of thiazole rings is 1. The highest BCUT2D eigenvalue weighted by atomic mass is 32.1. The van der Waals surface area contributed by atoms with Crippen LogP contribution in [0.4, 0.5) is 5.13 Å². The van der Waals surface area contributed by atoms with Crippen molar-refractivity contribution in [3.8, 4) is 0 Å². The third kappa shape index (κ3) is 4.55. The molecule has 1 N–H and O–H groups in total. The van der Waals surface area contributed by atoms with Crippen LogP contribution >= 0.6 is 11.3 Å². The van der Waals surface area contributed by atoms with Gasteiger partial charge in [0.1, 0.15) is 0 Å². The molecule has 0 fully saturated rings. The third-order valence-corrected chi connectivity index (χ3v) is 4.64. The van der Waals surface area contributed by atoms with Crippen LogP contribution in [0.1, 0.15) is 36.9 Å². The molecule has 114 valence electrons. The molecule has 0 aliphatic heterocycles. The van der Waals surface area contributed by atoms with E-state index in [1.165, 1.54) is 10.4 Å². The second-order valence-corrected chi connectivity index (χ2v) is 6.60. The van der Waals surface area contributed by atoms with Crippen molar-refractivity contribution in [2.45, 2.75) is 46.8 Å². The molecule has 2 rings (SSSR count). The topological polar surface area (TPSA) is 28.2 Å². The number of aryl methyl sites for hydroxylation is 1. The van der Waals surface area contributed by atoms with E-state index in [0.717, 1.165) is 30.5 Å². The van der Waals surface area contributed by atoms with E-state index >= 15 is 0 Å². The minimum absolute atomic E-state index is 0.501. The summed E-state index contributed by atoms with van der Waals surface area (Å²) in [6.07, 6.45) is 0. The van der Waals surface area contributed by atoms with Crippen molar-refractivity contribution in [1.29, 1.82) is 0 Å². The summed E-state index contributed by atoms with van der Waals surface area (Å²) in [4.78, 5) is 8.44. The zero-order chi connectivity index (χ0) is 15.2. The molecule has 1 aromatic carbocycles. The largest absolute Gasteiger partial charge is 0.344 e. The Balaban J connectivity index is 2.09. The molecule has 0 saturated heterocycles. The maximum absolute atomic E-state index is 4.76. The van der Waals surface area contributed by atoms with Crippen LogP contribution in [0.25, 0.3) is 0 Å². The summed E-state index contributed by atoms with van der Waals surface area (Å²) >= 11 is 1.81. The molecule has 4 heteroatoms. The summed E-state index contributed by atoms with van der Waals surface area (Å²) in [5, 5.41) is 4.60. The summed E-state index contributed by atoms with van der Waals surface area (Å²) in [6.45, 7) is 11.4. The average Bonchev–Trinajstić information content (AvgIpc) is 2.84. The van der Waals surface area contributed by atoms with Gasteiger partial charge in [-0.05, 0) is 19.4 Å². The molecule has 0 spiro atoms. The lowest BCUT2D eigenvalue weighted by Crippen LogP contribution is -2.22. The maximum atomic E-state index is 4.76. The SMILES string of the molecule is CCN(Cc1ccccc1)c1nc(C)c(CNC(C)C)s1. The molecule has 0 saturated carbocycles. The minimum Gasteiger partial charge on any atom is -0.344 e. The van der Waals surface area contributed by atoms with Crippen molar-refractivity contribution >= 4 is 16.5 Å². The average molecular weight is 303 g/mol. The number of anilines is 1. The molecular formula is C17H25N3S. The fourth-order valence-corrected chi connectivity index (χ4v) is 3.20. The Kier molecular flexibility index (Phi) is 5.76. The predicted molar refractivity (Wildman–Crippen MR) is 92.0 cm³/mol. The van der Waals surface area contributed by atoms with E-state index in [-0.39, 0.29) is 0 Å². The van der Waals surface area contributed by atoms with E-state index in [2.05, 4.69) is 68.2 Å². The van der Waals surface area contributed by atoms with Crippen LogP contribution in [0.3, 0.4) is 0 Å². The number of rotatable bonds is 7. The number of benzene rings is 1. The molecule has 0 amide bonds. The predicted octanol–water partition coefficient (Wildman–Crippen LogP) is 3.98. The lowest BCUT2D eigenvalue weighted by atomic mass is 10.2.